The highest BCUT2D eigenvalue weighted by molar-refractivity contribution is 7.99. The first-order valence-electron chi connectivity index (χ1n) is 7.63. The van der Waals surface area contributed by atoms with Crippen LogP contribution in [0.15, 0.2) is 42.5 Å². The summed E-state index contributed by atoms with van der Waals surface area (Å²) < 4.78 is 4.75. The first-order valence-corrected chi connectivity index (χ1v) is 8.78. The fourth-order valence-corrected chi connectivity index (χ4v) is 3.22. The number of rotatable bonds is 6. The quantitative estimate of drug-likeness (QED) is 0.807. The third kappa shape index (κ3) is 4.61. The summed E-state index contributed by atoms with van der Waals surface area (Å²) in [5, 5.41) is 2.86. The molecular formula is C19H21NO3S. The van der Waals surface area contributed by atoms with Gasteiger partial charge in [0.25, 0.3) is 0 Å². The molecule has 5 heteroatoms. The van der Waals surface area contributed by atoms with E-state index in [1.165, 1.54) is 18.2 Å². The Hall–Kier alpha value is -2.27. The van der Waals surface area contributed by atoms with Crippen LogP contribution >= 0.6 is 11.8 Å². The number of carbonyl (C=O) groups is 2. The van der Waals surface area contributed by atoms with E-state index in [9.17, 15) is 9.59 Å². The van der Waals surface area contributed by atoms with Crippen molar-refractivity contribution >= 4 is 29.3 Å². The molecule has 0 saturated carbocycles. The van der Waals surface area contributed by atoms with Gasteiger partial charge in [-0.3, -0.25) is 4.79 Å². The normalized spacial score (nSPS) is 10.3. The van der Waals surface area contributed by atoms with Crippen LogP contribution in [0.2, 0.25) is 0 Å². The summed E-state index contributed by atoms with van der Waals surface area (Å²) in [4.78, 5) is 23.8. The zero-order valence-electron chi connectivity index (χ0n) is 14.1. The summed E-state index contributed by atoms with van der Waals surface area (Å²) in [5.74, 6) is 0.661. The van der Waals surface area contributed by atoms with Crippen LogP contribution in [0.4, 0.5) is 5.69 Å². The Morgan fingerprint density at radius 1 is 1.08 bits per heavy atom. The van der Waals surface area contributed by atoms with Crippen LogP contribution in [0.1, 0.15) is 27.0 Å². The number of esters is 1. The number of ether oxygens (including phenoxy) is 1. The van der Waals surface area contributed by atoms with E-state index >= 15 is 0 Å². The molecule has 0 aliphatic carbocycles. The minimum Gasteiger partial charge on any atom is -0.465 e. The van der Waals surface area contributed by atoms with Crippen molar-refractivity contribution in [2.45, 2.75) is 19.6 Å². The van der Waals surface area contributed by atoms with Crippen molar-refractivity contribution in [1.29, 1.82) is 0 Å². The monoisotopic (exact) mass is 343 g/mol. The van der Waals surface area contributed by atoms with Gasteiger partial charge in [-0.05, 0) is 42.7 Å². The van der Waals surface area contributed by atoms with E-state index in [1.807, 2.05) is 12.1 Å². The Bertz CT molecular complexity index is 743. The Morgan fingerprint density at radius 3 is 2.54 bits per heavy atom. The van der Waals surface area contributed by atoms with Crippen LogP contribution in [0, 0.1) is 13.8 Å². The van der Waals surface area contributed by atoms with E-state index in [4.69, 9.17) is 4.74 Å². The second-order valence-electron chi connectivity index (χ2n) is 5.44. The number of anilines is 1. The minimum absolute atomic E-state index is 0.0845. The van der Waals surface area contributed by atoms with Crippen molar-refractivity contribution in [3.63, 3.8) is 0 Å². The van der Waals surface area contributed by atoms with E-state index in [0.29, 0.717) is 22.6 Å². The molecule has 1 amide bonds. The summed E-state index contributed by atoms with van der Waals surface area (Å²) in [6, 6.07) is 13.4. The molecule has 24 heavy (non-hydrogen) atoms. The maximum atomic E-state index is 12.1. The molecule has 0 atom stereocenters. The lowest BCUT2D eigenvalue weighted by atomic mass is 10.1. The number of amides is 1. The van der Waals surface area contributed by atoms with Crippen LogP contribution in [0.25, 0.3) is 0 Å². The highest BCUT2D eigenvalue weighted by Gasteiger charge is 2.13. The van der Waals surface area contributed by atoms with Crippen molar-refractivity contribution in [1.82, 2.24) is 0 Å². The molecule has 0 aliphatic heterocycles. The first kappa shape index (κ1) is 18.1. The third-order valence-electron chi connectivity index (χ3n) is 3.77. The van der Waals surface area contributed by atoms with Crippen molar-refractivity contribution in [3.8, 4) is 0 Å². The van der Waals surface area contributed by atoms with Gasteiger partial charge in [-0.25, -0.2) is 4.79 Å². The summed E-state index contributed by atoms with van der Waals surface area (Å²) in [5.41, 5.74) is 4.27. The molecule has 2 aromatic carbocycles. The van der Waals surface area contributed by atoms with Crippen molar-refractivity contribution in [2.75, 3.05) is 18.2 Å². The second-order valence-corrected chi connectivity index (χ2v) is 6.42. The van der Waals surface area contributed by atoms with Crippen molar-refractivity contribution in [2.24, 2.45) is 0 Å². The number of thioether (sulfide) groups is 1. The first-order chi connectivity index (χ1) is 11.5. The molecule has 2 aromatic rings. The fourth-order valence-electron chi connectivity index (χ4n) is 2.31. The van der Waals surface area contributed by atoms with Gasteiger partial charge in [0.1, 0.15) is 0 Å². The third-order valence-corrected chi connectivity index (χ3v) is 4.75. The van der Waals surface area contributed by atoms with Gasteiger partial charge in [-0.15, -0.1) is 11.8 Å². The maximum absolute atomic E-state index is 12.1. The fraction of sp³-hybridized carbons (Fsp3) is 0.263. The van der Waals surface area contributed by atoms with Crippen LogP contribution in [-0.4, -0.2) is 24.7 Å². The Kier molecular flexibility index (Phi) is 6.44. The van der Waals surface area contributed by atoms with Gasteiger partial charge in [0.05, 0.1) is 18.4 Å². The molecule has 0 bridgehead atoms. The van der Waals surface area contributed by atoms with Crippen LogP contribution in [-0.2, 0) is 15.3 Å². The van der Waals surface area contributed by atoms with Crippen molar-refractivity contribution in [3.05, 3.63) is 64.7 Å². The van der Waals surface area contributed by atoms with E-state index in [2.05, 4.69) is 24.4 Å². The zero-order chi connectivity index (χ0) is 17.5. The smallest absolute Gasteiger partial charge is 0.338 e. The SMILES string of the molecule is COC(=O)c1cccc(NC(=O)CSCc2ccccc2C)c1C. The summed E-state index contributed by atoms with van der Waals surface area (Å²) >= 11 is 1.57. The molecule has 0 spiro atoms. The van der Waals surface area contributed by atoms with E-state index in [0.717, 1.165) is 5.75 Å². The van der Waals surface area contributed by atoms with Gasteiger partial charge in [-0.1, -0.05) is 30.3 Å². The minimum atomic E-state index is -0.405. The average molecular weight is 343 g/mol. The molecule has 0 fully saturated rings. The van der Waals surface area contributed by atoms with Gasteiger partial charge < -0.3 is 10.1 Å². The lowest BCUT2D eigenvalue weighted by Crippen LogP contribution is -2.16. The van der Waals surface area contributed by atoms with Crippen molar-refractivity contribution < 1.29 is 14.3 Å². The Labute approximate surface area is 146 Å². The maximum Gasteiger partial charge on any atom is 0.338 e. The van der Waals surface area contributed by atoms with Crippen LogP contribution in [0.5, 0.6) is 0 Å². The highest BCUT2D eigenvalue weighted by Crippen LogP contribution is 2.21. The summed E-state index contributed by atoms with van der Waals surface area (Å²) in [6.45, 7) is 3.86. The second kappa shape index (κ2) is 8.55. The molecule has 0 aliphatic rings. The standard InChI is InChI=1S/C19H21NO3S/c1-13-7-4-5-8-15(13)11-24-12-18(21)20-17-10-6-9-16(14(17)2)19(22)23-3/h4-10H,11-12H2,1-3H3,(H,20,21). The molecule has 4 nitrogen and oxygen atoms in total. The Morgan fingerprint density at radius 2 is 1.83 bits per heavy atom. The molecular weight excluding hydrogens is 322 g/mol. The van der Waals surface area contributed by atoms with Gasteiger partial charge >= 0.3 is 5.97 Å². The molecule has 126 valence electrons. The topological polar surface area (TPSA) is 55.4 Å². The van der Waals surface area contributed by atoms with E-state index in [-0.39, 0.29) is 5.91 Å². The van der Waals surface area contributed by atoms with E-state index < -0.39 is 5.97 Å². The predicted octanol–water partition coefficient (Wildman–Crippen LogP) is 3.96. The highest BCUT2D eigenvalue weighted by atomic mass is 32.2. The Balaban J connectivity index is 1.93. The molecule has 0 radical (unpaired) electrons. The summed E-state index contributed by atoms with van der Waals surface area (Å²) in [6.07, 6.45) is 0. The number of nitrogens with one attached hydrogen (secondary N) is 1. The molecule has 1 N–H and O–H groups in total. The molecule has 0 unspecified atom stereocenters. The van der Waals surface area contributed by atoms with E-state index in [1.54, 1.807) is 36.9 Å². The lowest BCUT2D eigenvalue weighted by molar-refractivity contribution is -0.113. The van der Waals surface area contributed by atoms with Crippen LogP contribution in [0.3, 0.4) is 0 Å². The van der Waals surface area contributed by atoms with Gasteiger partial charge in [-0.2, -0.15) is 0 Å². The number of hydrogen-bond acceptors (Lipinski definition) is 4. The van der Waals surface area contributed by atoms with Crippen LogP contribution < -0.4 is 5.32 Å². The zero-order valence-corrected chi connectivity index (χ0v) is 14.9. The lowest BCUT2D eigenvalue weighted by Gasteiger charge is -2.11. The number of benzene rings is 2. The molecule has 2 rings (SSSR count). The molecule has 0 aromatic heterocycles. The van der Waals surface area contributed by atoms with Gasteiger partial charge in [0.15, 0.2) is 0 Å². The number of methoxy groups -OCH3 is 1. The van der Waals surface area contributed by atoms with Gasteiger partial charge in [0, 0.05) is 11.4 Å². The number of hydrogen-bond donors (Lipinski definition) is 1. The average Bonchev–Trinajstić information content (AvgIpc) is 2.58. The predicted molar refractivity (Wildman–Crippen MR) is 98.5 cm³/mol. The number of aryl methyl sites for hydroxylation is 1. The molecule has 0 heterocycles. The summed E-state index contributed by atoms with van der Waals surface area (Å²) in [7, 11) is 1.34. The van der Waals surface area contributed by atoms with Gasteiger partial charge in [0.2, 0.25) is 5.91 Å². The molecule has 0 saturated heterocycles. The largest absolute Gasteiger partial charge is 0.465 e. The number of carbonyl (C=O) groups excluding carboxylic acids is 2.